The van der Waals surface area contributed by atoms with Crippen molar-refractivity contribution in [2.45, 2.75) is 31.4 Å². The van der Waals surface area contributed by atoms with E-state index in [1.54, 1.807) is 7.11 Å². The SMILES string of the molecule is COCCS(=O)Cc1cccc(NC(=O)CCC2CCNCC2)c1.Cl. The zero-order valence-corrected chi connectivity index (χ0v) is 16.4. The van der Waals surface area contributed by atoms with Crippen molar-refractivity contribution < 1.29 is 13.7 Å². The van der Waals surface area contributed by atoms with Gasteiger partial charge < -0.3 is 15.4 Å². The minimum Gasteiger partial charge on any atom is -0.384 e. The summed E-state index contributed by atoms with van der Waals surface area (Å²) in [5, 5.41) is 6.30. The molecule has 142 valence electrons. The molecule has 1 aromatic carbocycles. The maximum absolute atomic E-state index is 12.1. The van der Waals surface area contributed by atoms with E-state index >= 15 is 0 Å². The summed E-state index contributed by atoms with van der Waals surface area (Å²) in [5.41, 5.74) is 1.76. The largest absolute Gasteiger partial charge is 0.384 e. The predicted molar refractivity (Wildman–Crippen MR) is 106 cm³/mol. The molecule has 25 heavy (non-hydrogen) atoms. The molecule has 1 fully saturated rings. The Labute approximate surface area is 159 Å². The van der Waals surface area contributed by atoms with Gasteiger partial charge in [-0.25, -0.2) is 0 Å². The van der Waals surface area contributed by atoms with Crippen LogP contribution in [0.15, 0.2) is 24.3 Å². The summed E-state index contributed by atoms with van der Waals surface area (Å²) in [6.07, 6.45) is 3.84. The standard InChI is InChI=1S/C18H28N2O3S.ClH/c1-23-11-12-24(22)14-16-3-2-4-17(13-16)20-18(21)6-5-15-7-9-19-10-8-15;/h2-4,13,15,19H,5-12,14H2,1H3,(H,20,21);1H. The quantitative estimate of drug-likeness (QED) is 0.682. The molecule has 1 heterocycles. The van der Waals surface area contributed by atoms with Gasteiger partial charge in [0, 0.05) is 41.5 Å². The van der Waals surface area contributed by atoms with Crippen molar-refractivity contribution in [2.24, 2.45) is 5.92 Å². The first-order valence-corrected chi connectivity index (χ1v) is 10.1. The molecule has 0 bridgehead atoms. The lowest BCUT2D eigenvalue weighted by molar-refractivity contribution is -0.116. The summed E-state index contributed by atoms with van der Waals surface area (Å²) in [5.74, 6) is 1.74. The number of amides is 1. The Morgan fingerprint density at radius 1 is 1.36 bits per heavy atom. The summed E-state index contributed by atoms with van der Waals surface area (Å²) in [6, 6.07) is 7.62. The van der Waals surface area contributed by atoms with Crippen molar-refractivity contribution in [1.29, 1.82) is 0 Å². The number of benzene rings is 1. The van der Waals surface area contributed by atoms with E-state index in [0.29, 0.717) is 30.5 Å². The van der Waals surface area contributed by atoms with Gasteiger partial charge >= 0.3 is 0 Å². The molecule has 2 rings (SSSR count). The van der Waals surface area contributed by atoms with Gasteiger partial charge in [-0.1, -0.05) is 12.1 Å². The Balaban J connectivity index is 0.00000312. The summed E-state index contributed by atoms with van der Waals surface area (Å²) in [6.45, 7) is 2.63. The molecule has 0 aromatic heterocycles. The van der Waals surface area contributed by atoms with Gasteiger partial charge in [0.2, 0.25) is 5.91 Å². The fourth-order valence-electron chi connectivity index (χ4n) is 2.90. The van der Waals surface area contributed by atoms with Crippen LogP contribution in [0.25, 0.3) is 0 Å². The molecule has 0 radical (unpaired) electrons. The van der Waals surface area contributed by atoms with E-state index in [2.05, 4.69) is 10.6 Å². The highest BCUT2D eigenvalue weighted by molar-refractivity contribution is 7.84. The Morgan fingerprint density at radius 3 is 2.84 bits per heavy atom. The molecule has 1 saturated heterocycles. The van der Waals surface area contributed by atoms with Gasteiger partial charge in [0.25, 0.3) is 0 Å². The first-order valence-electron chi connectivity index (χ1n) is 8.61. The number of carbonyl (C=O) groups is 1. The third-order valence-corrected chi connectivity index (χ3v) is 5.57. The van der Waals surface area contributed by atoms with Gasteiger partial charge in [-0.3, -0.25) is 9.00 Å². The van der Waals surface area contributed by atoms with Gasteiger partial charge in [-0.15, -0.1) is 12.4 Å². The van der Waals surface area contributed by atoms with Crippen molar-refractivity contribution in [1.82, 2.24) is 5.32 Å². The van der Waals surface area contributed by atoms with E-state index in [1.165, 1.54) is 0 Å². The van der Waals surface area contributed by atoms with Crippen molar-refractivity contribution in [3.63, 3.8) is 0 Å². The number of methoxy groups -OCH3 is 1. The molecular formula is C18H29ClN2O3S. The second kappa shape index (κ2) is 12.4. The number of nitrogens with one attached hydrogen (secondary N) is 2. The van der Waals surface area contributed by atoms with E-state index in [-0.39, 0.29) is 18.3 Å². The lowest BCUT2D eigenvalue weighted by Crippen LogP contribution is -2.28. The first-order chi connectivity index (χ1) is 11.7. The normalized spacial score (nSPS) is 16.0. The molecule has 7 heteroatoms. The van der Waals surface area contributed by atoms with Crippen molar-refractivity contribution in [2.75, 3.05) is 37.9 Å². The summed E-state index contributed by atoms with van der Waals surface area (Å²) >= 11 is 0. The highest BCUT2D eigenvalue weighted by Gasteiger charge is 2.14. The van der Waals surface area contributed by atoms with E-state index in [4.69, 9.17) is 4.74 Å². The molecular weight excluding hydrogens is 360 g/mol. The number of rotatable bonds is 9. The maximum atomic E-state index is 12.1. The van der Waals surface area contributed by atoms with E-state index in [1.807, 2.05) is 24.3 Å². The van der Waals surface area contributed by atoms with Crippen LogP contribution in [-0.2, 0) is 26.1 Å². The average molecular weight is 389 g/mol. The monoisotopic (exact) mass is 388 g/mol. The van der Waals surface area contributed by atoms with Gasteiger partial charge in [0.15, 0.2) is 0 Å². The van der Waals surface area contributed by atoms with Crippen LogP contribution in [-0.4, -0.2) is 42.7 Å². The van der Waals surface area contributed by atoms with Crippen LogP contribution >= 0.6 is 12.4 Å². The van der Waals surface area contributed by atoms with Crippen LogP contribution in [0.3, 0.4) is 0 Å². The zero-order chi connectivity index (χ0) is 17.2. The van der Waals surface area contributed by atoms with Crippen molar-refractivity contribution in [3.8, 4) is 0 Å². The zero-order valence-electron chi connectivity index (χ0n) is 14.8. The smallest absolute Gasteiger partial charge is 0.224 e. The topological polar surface area (TPSA) is 67.4 Å². The minimum atomic E-state index is -0.942. The van der Waals surface area contributed by atoms with Crippen LogP contribution in [0.1, 0.15) is 31.2 Å². The highest BCUT2D eigenvalue weighted by Crippen LogP contribution is 2.19. The van der Waals surface area contributed by atoms with Gasteiger partial charge in [-0.2, -0.15) is 0 Å². The molecule has 0 saturated carbocycles. The molecule has 0 aliphatic carbocycles. The molecule has 1 unspecified atom stereocenters. The van der Waals surface area contributed by atoms with Crippen LogP contribution < -0.4 is 10.6 Å². The van der Waals surface area contributed by atoms with E-state index in [0.717, 1.165) is 43.6 Å². The number of hydrogen-bond donors (Lipinski definition) is 2. The summed E-state index contributed by atoms with van der Waals surface area (Å²) < 4.78 is 16.9. The summed E-state index contributed by atoms with van der Waals surface area (Å²) in [4.78, 5) is 12.1. The fraction of sp³-hybridized carbons (Fsp3) is 0.611. The van der Waals surface area contributed by atoms with Crippen molar-refractivity contribution >= 4 is 34.8 Å². The number of piperidine rings is 1. The second-order valence-electron chi connectivity index (χ2n) is 6.26. The predicted octanol–water partition coefficient (Wildman–Crippen LogP) is 2.72. The number of carbonyl (C=O) groups excluding carboxylic acids is 1. The minimum absolute atomic E-state index is 0. The highest BCUT2D eigenvalue weighted by atomic mass is 35.5. The number of hydrogen-bond acceptors (Lipinski definition) is 4. The van der Waals surface area contributed by atoms with Gasteiger partial charge in [0.1, 0.15) is 0 Å². The Kier molecular flexibility index (Phi) is 11.0. The fourth-order valence-corrected chi connectivity index (χ4v) is 3.95. The van der Waals surface area contributed by atoms with Crippen LogP contribution in [0, 0.1) is 5.92 Å². The summed E-state index contributed by atoms with van der Waals surface area (Å²) in [7, 11) is 0.666. The molecule has 0 spiro atoms. The molecule has 1 aromatic rings. The third kappa shape index (κ3) is 8.81. The van der Waals surface area contributed by atoms with Crippen LogP contribution in [0.4, 0.5) is 5.69 Å². The molecule has 1 aliphatic rings. The lowest BCUT2D eigenvalue weighted by atomic mass is 9.93. The molecule has 1 aliphatic heterocycles. The van der Waals surface area contributed by atoms with E-state index < -0.39 is 10.8 Å². The number of ether oxygens (including phenoxy) is 1. The number of halogens is 1. The van der Waals surface area contributed by atoms with Crippen molar-refractivity contribution in [3.05, 3.63) is 29.8 Å². The van der Waals surface area contributed by atoms with Gasteiger partial charge in [0.05, 0.1) is 6.61 Å². The third-order valence-electron chi connectivity index (χ3n) is 4.29. The number of anilines is 1. The lowest BCUT2D eigenvalue weighted by Gasteiger charge is -2.22. The second-order valence-corrected chi connectivity index (χ2v) is 7.84. The molecule has 2 N–H and O–H groups in total. The van der Waals surface area contributed by atoms with Crippen LogP contribution in [0.5, 0.6) is 0 Å². The Hall–Kier alpha value is -0.950. The average Bonchev–Trinajstić information content (AvgIpc) is 2.59. The van der Waals surface area contributed by atoms with Crippen LogP contribution in [0.2, 0.25) is 0 Å². The maximum Gasteiger partial charge on any atom is 0.224 e. The molecule has 1 amide bonds. The Bertz CT molecular complexity index is 551. The molecule has 5 nitrogen and oxygen atoms in total. The molecule has 1 atom stereocenters. The Morgan fingerprint density at radius 2 is 2.12 bits per heavy atom. The van der Waals surface area contributed by atoms with E-state index in [9.17, 15) is 9.00 Å². The van der Waals surface area contributed by atoms with Gasteiger partial charge in [-0.05, 0) is 56.0 Å². The first kappa shape index (κ1) is 22.1.